The molecule has 0 heterocycles. The molecule has 0 saturated carbocycles. The van der Waals surface area contributed by atoms with E-state index in [1.807, 2.05) is 6.07 Å². The van der Waals surface area contributed by atoms with E-state index in [1.54, 1.807) is 0 Å². The Labute approximate surface area is 103 Å². The molecule has 1 radical (unpaired) electrons. The smallest absolute Gasteiger partial charge is 0.419 e. The highest BCUT2D eigenvalue weighted by Gasteiger charge is 1.93. The zero-order chi connectivity index (χ0) is 12.2. The van der Waals surface area contributed by atoms with E-state index in [0.717, 1.165) is 19.3 Å². The maximum absolute atomic E-state index is 9.69. The number of ether oxygens (including phenoxy) is 2. The first-order valence-electron chi connectivity index (χ1n) is 6.04. The fourth-order valence-corrected chi connectivity index (χ4v) is 1.66. The summed E-state index contributed by atoms with van der Waals surface area (Å²) < 4.78 is 9.35. The van der Waals surface area contributed by atoms with Crippen molar-refractivity contribution in [2.75, 3.05) is 13.4 Å². The first-order valence-corrected chi connectivity index (χ1v) is 6.04. The van der Waals surface area contributed by atoms with Crippen LogP contribution in [0.15, 0.2) is 30.3 Å². The van der Waals surface area contributed by atoms with Gasteiger partial charge in [0.25, 0.3) is 0 Å². The van der Waals surface area contributed by atoms with Gasteiger partial charge in [0.2, 0.25) is 0 Å². The normalized spacial score (nSPS) is 10.1. The van der Waals surface area contributed by atoms with E-state index in [9.17, 15) is 4.79 Å². The Bertz CT molecular complexity index is 285. The van der Waals surface area contributed by atoms with Crippen LogP contribution in [-0.2, 0) is 20.7 Å². The molecule has 0 N–H and O–H groups in total. The minimum atomic E-state index is 0.0213. The molecule has 3 nitrogen and oxygen atoms in total. The molecule has 0 aliphatic rings. The van der Waals surface area contributed by atoms with Crippen molar-refractivity contribution in [3.8, 4) is 0 Å². The molecule has 0 aliphatic heterocycles. The van der Waals surface area contributed by atoms with Crippen LogP contribution in [-0.4, -0.2) is 19.9 Å². The molecule has 0 unspecified atom stereocenters. The second-order valence-electron chi connectivity index (χ2n) is 3.90. The van der Waals surface area contributed by atoms with Gasteiger partial charge in [-0.3, -0.25) is 0 Å². The number of benzene rings is 1. The molecular formula is C14H19O3. The number of aryl methyl sites for hydroxylation is 1. The van der Waals surface area contributed by atoms with Gasteiger partial charge in [-0.15, -0.1) is 0 Å². The van der Waals surface area contributed by atoms with Crippen LogP contribution in [0, 0.1) is 0 Å². The van der Waals surface area contributed by atoms with Crippen molar-refractivity contribution in [3.63, 3.8) is 0 Å². The van der Waals surface area contributed by atoms with Gasteiger partial charge >= 0.3 is 6.47 Å². The molecule has 0 atom stereocenters. The molecule has 0 saturated heterocycles. The molecular weight excluding hydrogens is 216 g/mol. The quantitative estimate of drug-likeness (QED) is 0.462. The molecule has 0 amide bonds. The first-order chi connectivity index (χ1) is 8.43. The van der Waals surface area contributed by atoms with Crippen LogP contribution in [0.4, 0.5) is 0 Å². The van der Waals surface area contributed by atoms with E-state index < -0.39 is 0 Å². The van der Waals surface area contributed by atoms with Gasteiger partial charge in [-0.05, 0) is 24.8 Å². The first kappa shape index (κ1) is 13.7. The monoisotopic (exact) mass is 235 g/mol. The lowest BCUT2D eigenvalue weighted by Gasteiger charge is -2.03. The number of unbranched alkanes of at least 4 members (excludes halogenated alkanes) is 3. The molecule has 1 aromatic rings. The maximum Gasteiger partial charge on any atom is 0.419 e. The van der Waals surface area contributed by atoms with Crippen molar-refractivity contribution < 1.29 is 14.3 Å². The van der Waals surface area contributed by atoms with Gasteiger partial charge in [0.1, 0.15) is 0 Å². The van der Waals surface area contributed by atoms with Crippen LogP contribution >= 0.6 is 0 Å². The number of rotatable bonds is 10. The lowest BCUT2D eigenvalue weighted by Crippen LogP contribution is -2.00. The molecule has 0 fully saturated rings. The summed E-state index contributed by atoms with van der Waals surface area (Å²) in [4.78, 5) is 9.69. The summed E-state index contributed by atoms with van der Waals surface area (Å²) in [7, 11) is 0. The Balaban J connectivity index is 1.86. The molecule has 93 valence electrons. The van der Waals surface area contributed by atoms with Gasteiger partial charge in [-0.1, -0.05) is 43.2 Å². The molecule has 1 rings (SSSR count). The molecule has 3 heteroatoms. The predicted molar refractivity (Wildman–Crippen MR) is 66.2 cm³/mol. The van der Waals surface area contributed by atoms with Gasteiger partial charge < -0.3 is 9.47 Å². The third-order valence-electron chi connectivity index (χ3n) is 2.55. The van der Waals surface area contributed by atoms with Crippen LogP contribution in [0.1, 0.15) is 31.2 Å². The number of hydrogen-bond donors (Lipinski definition) is 0. The molecule has 17 heavy (non-hydrogen) atoms. The van der Waals surface area contributed by atoms with E-state index in [1.165, 1.54) is 24.9 Å². The fourth-order valence-electron chi connectivity index (χ4n) is 1.66. The van der Waals surface area contributed by atoms with Gasteiger partial charge in [0.15, 0.2) is 6.79 Å². The summed E-state index contributed by atoms with van der Waals surface area (Å²) in [5, 5.41) is 0. The average molecular weight is 235 g/mol. The van der Waals surface area contributed by atoms with Crippen LogP contribution in [0.5, 0.6) is 0 Å². The van der Waals surface area contributed by atoms with E-state index in [2.05, 4.69) is 29.0 Å². The summed E-state index contributed by atoms with van der Waals surface area (Å²) in [6.07, 6.45) is 5.72. The summed E-state index contributed by atoms with van der Waals surface area (Å²) >= 11 is 0. The third kappa shape index (κ3) is 7.53. The topological polar surface area (TPSA) is 35.5 Å². The van der Waals surface area contributed by atoms with Crippen LogP contribution in [0.2, 0.25) is 0 Å². The van der Waals surface area contributed by atoms with Gasteiger partial charge in [-0.2, -0.15) is 0 Å². The summed E-state index contributed by atoms with van der Waals surface area (Å²) in [6, 6.07) is 10.5. The van der Waals surface area contributed by atoms with Crippen LogP contribution in [0.25, 0.3) is 0 Å². The van der Waals surface area contributed by atoms with Gasteiger partial charge in [0, 0.05) is 0 Å². The highest BCUT2D eigenvalue weighted by molar-refractivity contribution is 5.37. The van der Waals surface area contributed by atoms with Crippen molar-refractivity contribution in [1.29, 1.82) is 0 Å². The Morgan fingerprint density at radius 3 is 2.53 bits per heavy atom. The van der Waals surface area contributed by atoms with Gasteiger partial charge in [-0.25, -0.2) is 4.79 Å². The second kappa shape index (κ2) is 9.85. The molecule has 0 aliphatic carbocycles. The van der Waals surface area contributed by atoms with E-state index in [0.29, 0.717) is 6.61 Å². The second-order valence-corrected chi connectivity index (χ2v) is 3.90. The summed E-state index contributed by atoms with van der Waals surface area (Å²) in [5.74, 6) is 0. The molecule has 0 aromatic heterocycles. The third-order valence-corrected chi connectivity index (χ3v) is 2.55. The van der Waals surface area contributed by atoms with E-state index in [4.69, 9.17) is 4.74 Å². The largest absolute Gasteiger partial charge is 0.430 e. The Hall–Kier alpha value is -1.35. The molecule has 0 bridgehead atoms. The van der Waals surface area contributed by atoms with Crippen molar-refractivity contribution in [3.05, 3.63) is 35.9 Å². The zero-order valence-electron chi connectivity index (χ0n) is 10.1. The Morgan fingerprint density at radius 1 is 1.00 bits per heavy atom. The highest BCUT2D eigenvalue weighted by atomic mass is 16.7. The average Bonchev–Trinajstić information content (AvgIpc) is 2.38. The van der Waals surface area contributed by atoms with E-state index in [-0.39, 0.29) is 6.79 Å². The van der Waals surface area contributed by atoms with E-state index >= 15 is 0 Å². The summed E-state index contributed by atoms with van der Waals surface area (Å²) in [5.41, 5.74) is 1.40. The fraction of sp³-hybridized carbons (Fsp3) is 0.500. The van der Waals surface area contributed by atoms with Gasteiger partial charge in [0.05, 0.1) is 6.61 Å². The van der Waals surface area contributed by atoms with Crippen molar-refractivity contribution in [2.24, 2.45) is 0 Å². The SMILES string of the molecule is O=[C]OCOCCCCCCc1ccccc1. The van der Waals surface area contributed by atoms with Crippen LogP contribution in [0.3, 0.4) is 0 Å². The summed E-state index contributed by atoms with van der Waals surface area (Å²) in [6.45, 7) is 1.99. The molecule has 0 spiro atoms. The Morgan fingerprint density at radius 2 is 1.76 bits per heavy atom. The number of carbonyl (C=O) groups excluding carboxylic acids is 1. The van der Waals surface area contributed by atoms with Crippen molar-refractivity contribution >= 4 is 6.47 Å². The highest BCUT2D eigenvalue weighted by Crippen LogP contribution is 2.07. The zero-order valence-corrected chi connectivity index (χ0v) is 10.1. The van der Waals surface area contributed by atoms with Crippen molar-refractivity contribution in [2.45, 2.75) is 32.1 Å². The maximum atomic E-state index is 9.69. The predicted octanol–water partition coefficient (Wildman–Crippen LogP) is 2.85. The lowest BCUT2D eigenvalue weighted by atomic mass is 10.1. The lowest BCUT2D eigenvalue weighted by molar-refractivity contribution is 0.00431. The Kier molecular flexibility index (Phi) is 7.94. The number of hydrogen-bond acceptors (Lipinski definition) is 3. The minimum absolute atomic E-state index is 0.0213. The minimum Gasteiger partial charge on any atom is -0.430 e. The van der Waals surface area contributed by atoms with Crippen molar-refractivity contribution in [1.82, 2.24) is 0 Å². The van der Waals surface area contributed by atoms with Crippen LogP contribution < -0.4 is 0 Å². The molecule has 1 aromatic carbocycles. The standard InChI is InChI=1S/C14H19O3/c15-12-17-13-16-11-7-2-1-4-8-14-9-5-3-6-10-14/h3,5-6,9-10H,1-2,4,7-8,11,13H2.